The Morgan fingerprint density at radius 2 is 1.57 bits per heavy atom. The maximum absolute atomic E-state index is 13.0. The van der Waals surface area contributed by atoms with Crippen LogP contribution in [0.5, 0.6) is 0 Å². The number of furan rings is 1. The van der Waals surface area contributed by atoms with Crippen molar-refractivity contribution in [3.05, 3.63) is 89.9 Å². The molecule has 1 heterocycles. The number of carbonyl (C=O) groups is 2. The molecule has 3 aromatic rings. The molecular weight excluding hydrogens is 404 g/mol. The Morgan fingerprint density at radius 3 is 2.20 bits per heavy atom. The molecule has 0 bridgehead atoms. The maximum Gasteiger partial charge on any atom is 0.309 e. The maximum atomic E-state index is 13.0. The van der Waals surface area contributed by atoms with Crippen LogP contribution in [0.25, 0.3) is 0 Å². The van der Waals surface area contributed by atoms with E-state index in [1.165, 1.54) is 24.5 Å². The first kappa shape index (κ1) is 21.3. The zero-order valence-corrected chi connectivity index (χ0v) is 17.2. The van der Waals surface area contributed by atoms with Crippen LogP contribution in [0.3, 0.4) is 0 Å². The third-order valence-electron chi connectivity index (χ3n) is 4.53. The van der Waals surface area contributed by atoms with Gasteiger partial charge in [0.2, 0.25) is 0 Å². The topological polar surface area (TPSA) is 105 Å². The van der Waals surface area contributed by atoms with E-state index in [1.54, 1.807) is 24.3 Å². The van der Waals surface area contributed by atoms with Gasteiger partial charge in [-0.1, -0.05) is 48.0 Å². The molecule has 0 aliphatic heterocycles. The minimum Gasteiger partial charge on any atom is -0.468 e. The van der Waals surface area contributed by atoms with E-state index in [1.807, 2.05) is 31.2 Å². The lowest BCUT2D eigenvalue weighted by Gasteiger charge is -2.16. The molecule has 1 atom stereocenters. The van der Waals surface area contributed by atoms with Gasteiger partial charge in [-0.15, -0.1) is 0 Å². The first-order chi connectivity index (χ1) is 14.4. The predicted molar refractivity (Wildman–Crippen MR) is 111 cm³/mol. The van der Waals surface area contributed by atoms with E-state index in [0.29, 0.717) is 0 Å². The van der Waals surface area contributed by atoms with Gasteiger partial charge in [-0.25, -0.2) is 8.42 Å². The molecule has 0 radical (unpaired) electrons. The molecule has 1 unspecified atom stereocenters. The van der Waals surface area contributed by atoms with Gasteiger partial charge in [0.1, 0.15) is 11.0 Å². The SMILES string of the molecule is Cc1ccc(CNC(=O)C(=O)NCC(c2ccco2)S(=O)(=O)c2ccccc2)cc1. The second-order valence-electron chi connectivity index (χ2n) is 6.74. The molecule has 0 spiro atoms. The fourth-order valence-electron chi connectivity index (χ4n) is 2.85. The van der Waals surface area contributed by atoms with E-state index in [4.69, 9.17) is 4.42 Å². The van der Waals surface area contributed by atoms with Crippen molar-refractivity contribution in [2.75, 3.05) is 6.54 Å². The van der Waals surface area contributed by atoms with E-state index in [-0.39, 0.29) is 23.7 Å². The Balaban J connectivity index is 1.66. The van der Waals surface area contributed by atoms with E-state index in [2.05, 4.69) is 10.6 Å². The second-order valence-corrected chi connectivity index (χ2v) is 8.87. The van der Waals surface area contributed by atoms with Gasteiger partial charge >= 0.3 is 11.8 Å². The summed E-state index contributed by atoms with van der Waals surface area (Å²) in [5.41, 5.74) is 1.94. The molecule has 8 heteroatoms. The van der Waals surface area contributed by atoms with Crippen molar-refractivity contribution in [1.29, 1.82) is 0 Å². The zero-order valence-electron chi connectivity index (χ0n) is 16.4. The van der Waals surface area contributed by atoms with Gasteiger partial charge in [-0.2, -0.15) is 0 Å². The van der Waals surface area contributed by atoms with Gasteiger partial charge < -0.3 is 15.1 Å². The molecule has 0 aliphatic carbocycles. The van der Waals surface area contributed by atoms with E-state index >= 15 is 0 Å². The highest BCUT2D eigenvalue weighted by molar-refractivity contribution is 7.91. The van der Waals surface area contributed by atoms with Crippen LogP contribution in [0.1, 0.15) is 22.1 Å². The highest BCUT2D eigenvalue weighted by Crippen LogP contribution is 2.28. The lowest BCUT2D eigenvalue weighted by atomic mass is 10.1. The Hall–Kier alpha value is -3.39. The molecule has 0 aliphatic rings. The Bertz CT molecular complexity index is 1090. The van der Waals surface area contributed by atoms with E-state index < -0.39 is 26.9 Å². The normalized spacial score (nSPS) is 12.2. The third-order valence-corrected chi connectivity index (χ3v) is 6.61. The fraction of sp³-hybridized carbons (Fsp3) is 0.182. The Morgan fingerprint density at radius 1 is 0.900 bits per heavy atom. The number of hydrogen-bond donors (Lipinski definition) is 2. The van der Waals surface area contributed by atoms with Crippen LogP contribution in [0.2, 0.25) is 0 Å². The summed E-state index contributed by atoms with van der Waals surface area (Å²) in [6.07, 6.45) is 1.36. The zero-order chi connectivity index (χ0) is 21.6. The molecule has 1 aromatic heterocycles. The molecular formula is C22H22N2O5S. The van der Waals surface area contributed by atoms with Crippen molar-refractivity contribution >= 4 is 21.7 Å². The summed E-state index contributed by atoms with van der Waals surface area (Å²) >= 11 is 0. The van der Waals surface area contributed by atoms with Crippen LogP contribution >= 0.6 is 0 Å². The van der Waals surface area contributed by atoms with Gasteiger partial charge in [-0.3, -0.25) is 9.59 Å². The second kappa shape index (κ2) is 9.41. The standard InChI is InChI=1S/C22H22N2O5S/c1-16-9-11-17(12-10-16)14-23-21(25)22(26)24-15-20(19-8-5-13-29-19)30(27,28)18-6-3-2-4-7-18/h2-13,20H,14-15H2,1H3,(H,23,25)(H,24,26). The highest BCUT2D eigenvalue weighted by Gasteiger charge is 2.32. The first-order valence-corrected chi connectivity index (χ1v) is 10.9. The number of hydrogen-bond acceptors (Lipinski definition) is 5. The van der Waals surface area contributed by atoms with E-state index in [9.17, 15) is 18.0 Å². The average Bonchev–Trinajstić information content (AvgIpc) is 3.28. The summed E-state index contributed by atoms with van der Waals surface area (Å²) in [6, 6.07) is 18.5. The van der Waals surface area contributed by atoms with Crippen LogP contribution in [-0.4, -0.2) is 26.8 Å². The quantitative estimate of drug-likeness (QED) is 0.565. The lowest BCUT2D eigenvalue weighted by Crippen LogP contribution is -2.42. The molecule has 0 saturated heterocycles. The number of benzene rings is 2. The van der Waals surface area contributed by atoms with Crippen LogP contribution in [0, 0.1) is 6.92 Å². The molecule has 3 rings (SSSR count). The van der Waals surface area contributed by atoms with Gasteiger partial charge in [0, 0.05) is 13.1 Å². The van der Waals surface area contributed by atoms with Gasteiger partial charge in [0.25, 0.3) is 0 Å². The number of aryl methyl sites for hydroxylation is 1. The van der Waals surface area contributed by atoms with E-state index in [0.717, 1.165) is 11.1 Å². The van der Waals surface area contributed by atoms with Crippen molar-refractivity contribution in [3.63, 3.8) is 0 Å². The molecule has 30 heavy (non-hydrogen) atoms. The van der Waals surface area contributed by atoms with Gasteiger partial charge in [0.15, 0.2) is 9.84 Å². The summed E-state index contributed by atoms with van der Waals surface area (Å²) in [4.78, 5) is 24.4. The third kappa shape index (κ3) is 5.15. The van der Waals surface area contributed by atoms with Crippen LogP contribution in [0.15, 0.2) is 82.3 Å². The van der Waals surface area contributed by atoms with Crippen LogP contribution in [0.4, 0.5) is 0 Å². The summed E-state index contributed by atoms with van der Waals surface area (Å²) in [7, 11) is -3.84. The lowest BCUT2D eigenvalue weighted by molar-refractivity contribution is -0.139. The number of rotatable bonds is 7. The molecule has 2 N–H and O–H groups in total. The highest BCUT2D eigenvalue weighted by atomic mass is 32.2. The van der Waals surface area contributed by atoms with Crippen LogP contribution in [-0.2, 0) is 26.0 Å². The van der Waals surface area contributed by atoms with Crippen molar-refractivity contribution in [3.8, 4) is 0 Å². The molecule has 2 amide bonds. The Kier molecular flexibility index (Phi) is 6.68. The van der Waals surface area contributed by atoms with Crippen molar-refractivity contribution < 1.29 is 22.4 Å². The monoisotopic (exact) mass is 426 g/mol. The van der Waals surface area contributed by atoms with Gasteiger partial charge in [0.05, 0.1) is 11.2 Å². The van der Waals surface area contributed by atoms with Crippen LogP contribution < -0.4 is 10.6 Å². The average molecular weight is 426 g/mol. The van der Waals surface area contributed by atoms with Gasteiger partial charge in [-0.05, 0) is 36.8 Å². The molecule has 0 fully saturated rings. The fourth-order valence-corrected chi connectivity index (χ4v) is 4.45. The smallest absolute Gasteiger partial charge is 0.309 e. The number of nitrogens with one attached hydrogen (secondary N) is 2. The molecule has 2 aromatic carbocycles. The number of amides is 2. The Labute approximate surface area is 175 Å². The molecule has 156 valence electrons. The minimum absolute atomic E-state index is 0.101. The summed E-state index contributed by atoms with van der Waals surface area (Å²) < 4.78 is 31.4. The van der Waals surface area contributed by atoms with Crippen molar-refractivity contribution in [1.82, 2.24) is 10.6 Å². The number of carbonyl (C=O) groups excluding carboxylic acids is 2. The largest absolute Gasteiger partial charge is 0.468 e. The van der Waals surface area contributed by atoms with Crippen molar-refractivity contribution in [2.24, 2.45) is 0 Å². The molecule has 7 nitrogen and oxygen atoms in total. The summed E-state index contributed by atoms with van der Waals surface area (Å²) in [6.45, 7) is 1.84. The molecule has 0 saturated carbocycles. The number of sulfone groups is 1. The summed E-state index contributed by atoms with van der Waals surface area (Å²) in [5.74, 6) is -1.58. The summed E-state index contributed by atoms with van der Waals surface area (Å²) in [5, 5.41) is 3.76. The minimum atomic E-state index is -3.84. The van der Waals surface area contributed by atoms with Crippen molar-refractivity contribution in [2.45, 2.75) is 23.6 Å². The predicted octanol–water partition coefficient (Wildman–Crippen LogP) is 2.54. The first-order valence-electron chi connectivity index (χ1n) is 9.32.